The first-order valence-electron chi connectivity index (χ1n) is 7.10. The summed E-state index contributed by atoms with van der Waals surface area (Å²) >= 11 is 0. The van der Waals surface area contributed by atoms with Crippen molar-refractivity contribution in [2.45, 2.75) is 24.3 Å². The van der Waals surface area contributed by atoms with Crippen molar-refractivity contribution in [2.75, 3.05) is 26.7 Å². The number of benzene rings is 1. The number of hydrogen-bond donors (Lipinski definition) is 2. The van der Waals surface area contributed by atoms with E-state index in [1.165, 1.54) is 25.3 Å². The van der Waals surface area contributed by atoms with Crippen molar-refractivity contribution in [3.05, 3.63) is 23.8 Å². The molecule has 0 saturated carbocycles. The number of methoxy groups -OCH3 is 1. The minimum absolute atomic E-state index is 0.0983. The molecule has 0 radical (unpaired) electrons. The Labute approximate surface area is 130 Å². The second kappa shape index (κ2) is 6.64. The lowest BCUT2D eigenvalue weighted by molar-refractivity contribution is 0.0698. The summed E-state index contributed by atoms with van der Waals surface area (Å²) in [6.45, 7) is 3.91. The highest BCUT2D eigenvalue weighted by atomic mass is 32.2. The molecular formula is C14H21N3O4S. The Kier molecular flexibility index (Phi) is 5.05. The Hall–Kier alpha value is -1.64. The van der Waals surface area contributed by atoms with Crippen molar-refractivity contribution in [2.24, 2.45) is 5.14 Å². The van der Waals surface area contributed by atoms with E-state index in [1.54, 1.807) is 4.90 Å². The van der Waals surface area contributed by atoms with Crippen molar-refractivity contribution in [1.82, 2.24) is 10.2 Å². The van der Waals surface area contributed by atoms with Gasteiger partial charge in [-0.25, -0.2) is 13.6 Å². The van der Waals surface area contributed by atoms with Crippen LogP contribution in [0.25, 0.3) is 0 Å². The molecule has 7 nitrogen and oxygen atoms in total. The molecule has 1 aliphatic rings. The summed E-state index contributed by atoms with van der Waals surface area (Å²) in [7, 11) is -2.43. The fourth-order valence-electron chi connectivity index (χ4n) is 2.48. The number of carbonyl (C=O) groups is 1. The second-order valence-corrected chi connectivity index (χ2v) is 6.78. The molecular weight excluding hydrogens is 306 g/mol. The summed E-state index contributed by atoms with van der Waals surface area (Å²) in [6, 6.07) is 4.30. The molecule has 2 rings (SSSR count). The molecule has 1 heterocycles. The van der Waals surface area contributed by atoms with Crippen LogP contribution < -0.4 is 15.2 Å². The van der Waals surface area contributed by atoms with Gasteiger partial charge in [-0.2, -0.15) is 0 Å². The Morgan fingerprint density at radius 3 is 2.82 bits per heavy atom. The summed E-state index contributed by atoms with van der Waals surface area (Å²) in [6.07, 6.45) is 0.915. The lowest BCUT2D eigenvalue weighted by atomic mass is 10.1. The van der Waals surface area contributed by atoms with Gasteiger partial charge in [-0.1, -0.05) is 6.92 Å². The zero-order valence-corrected chi connectivity index (χ0v) is 13.5. The lowest BCUT2D eigenvalue weighted by Crippen LogP contribution is -2.52. The minimum atomic E-state index is -3.87. The van der Waals surface area contributed by atoms with Crippen LogP contribution in [0.5, 0.6) is 5.75 Å². The van der Waals surface area contributed by atoms with E-state index in [2.05, 4.69) is 5.32 Å². The van der Waals surface area contributed by atoms with Gasteiger partial charge in [0.05, 0.1) is 17.6 Å². The van der Waals surface area contributed by atoms with E-state index >= 15 is 0 Å². The number of primary sulfonamides is 1. The van der Waals surface area contributed by atoms with Crippen molar-refractivity contribution in [3.8, 4) is 5.75 Å². The smallest absolute Gasteiger partial charge is 0.257 e. The molecule has 1 saturated heterocycles. The molecule has 3 N–H and O–H groups in total. The number of carbonyl (C=O) groups excluding carboxylic acids is 1. The van der Waals surface area contributed by atoms with Crippen molar-refractivity contribution in [1.29, 1.82) is 0 Å². The molecule has 22 heavy (non-hydrogen) atoms. The summed E-state index contributed by atoms with van der Waals surface area (Å²) in [4.78, 5) is 14.3. The highest BCUT2D eigenvalue weighted by molar-refractivity contribution is 7.89. The van der Waals surface area contributed by atoms with E-state index in [4.69, 9.17) is 9.88 Å². The van der Waals surface area contributed by atoms with E-state index in [-0.39, 0.29) is 22.4 Å². The van der Waals surface area contributed by atoms with E-state index in [1.807, 2.05) is 6.92 Å². The van der Waals surface area contributed by atoms with E-state index in [0.29, 0.717) is 25.4 Å². The van der Waals surface area contributed by atoms with Crippen LogP contribution in [0.4, 0.5) is 0 Å². The SMILES string of the molecule is CC[C@H]1CN(C(=O)c2cc(S(N)(=O)=O)ccc2OC)CCN1. The molecule has 1 fully saturated rings. The standard InChI is InChI=1S/C14H21N3O4S/c1-3-10-9-17(7-6-16-10)14(18)12-8-11(22(15,19)20)4-5-13(12)21-2/h4-5,8,10,16H,3,6-7,9H2,1-2H3,(H2,15,19,20)/t10-/m0/s1. The monoisotopic (exact) mass is 327 g/mol. The van der Waals surface area contributed by atoms with Crippen molar-refractivity contribution >= 4 is 15.9 Å². The summed E-state index contributed by atoms with van der Waals surface area (Å²) in [5.74, 6) is 0.0891. The second-order valence-electron chi connectivity index (χ2n) is 5.22. The fourth-order valence-corrected chi connectivity index (χ4v) is 3.02. The summed E-state index contributed by atoms with van der Waals surface area (Å²) in [5.41, 5.74) is 0.214. The predicted molar refractivity (Wildman–Crippen MR) is 82.4 cm³/mol. The maximum Gasteiger partial charge on any atom is 0.257 e. The van der Waals surface area contributed by atoms with Crippen LogP contribution in [0, 0.1) is 0 Å². The fraction of sp³-hybridized carbons (Fsp3) is 0.500. The normalized spacial score (nSPS) is 19.0. The third-order valence-electron chi connectivity index (χ3n) is 3.77. The van der Waals surface area contributed by atoms with Gasteiger partial charge in [0.2, 0.25) is 10.0 Å². The first-order valence-corrected chi connectivity index (χ1v) is 8.65. The quantitative estimate of drug-likeness (QED) is 0.820. The minimum Gasteiger partial charge on any atom is -0.496 e. The van der Waals surface area contributed by atoms with Crippen LogP contribution in [0.1, 0.15) is 23.7 Å². The summed E-state index contributed by atoms with van der Waals surface area (Å²) in [5, 5.41) is 8.46. The molecule has 122 valence electrons. The number of nitrogens with two attached hydrogens (primary N) is 1. The average molecular weight is 327 g/mol. The van der Waals surface area contributed by atoms with Gasteiger partial charge in [-0.3, -0.25) is 4.79 Å². The molecule has 0 aromatic heterocycles. The molecule has 1 amide bonds. The zero-order chi connectivity index (χ0) is 16.3. The van der Waals surface area contributed by atoms with Gasteiger partial charge in [0.25, 0.3) is 5.91 Å². The number of amides is 1. The van der Waals surface area contributed by atoms with Gasteiger partial charge in [0, 0.05) is 25.7 Å². The van der Waals surface area contributed by atoms with Gasteiger partial charge in [0.1, 0.15) is 5.75 Å². The molecule has 1 aromatic carbocycles. The molecule has 0 aliphatic carbocycles. The third kappa shape index (κ3) is 3.57. The highest BCUT2D eigenvalue weighted by Gasteiger charge is 2.26. The number of sulfonamides is 1. The number of rotatable bonds is 4. The Morgan fingerprint density at radius 2 is 2.23 bits per heavy atom. The van der Waals surface area contributed by atoms with E-state index in [9.17, 15) is 13.2 Å². The molecule has 1 aromatic rings. The summed E-state index contributed by atoms with van der Waals surface area (Å²) < 4.78 is 28.1. The molecule has 1 atom stereocenters. The van der Waals surface area contributed by atoms with Crippen LogP contribution in [-0.4, -0.2) is 52.0 Å². The largest absolute Gasteiger partial charge is 0.496 e. The Bertz CT molecular complexity index is 660. The number of nitrogens with one attached hydrogen (secondary N) is 1. The molecule has 0 unspecified atom stereocenters. The van der Waals surface area contributed by atoms with E-state index < -0.39 is 10.0 Å². The van der Waals surface area contributed by atoms with Gasteiger partial charge in [-0.15, -0.1) is 0 Å². The molecule has 8 heteroatoms. The lowest BCUT2D eigenvalue weighted by Gasteiger charge is -2.33. The average Bonchev–Trinajstić information content (AvgIpc) is 2.52. The number of hydrogen-bond acceptors (Lipinski definition) is 5. The number of ether oxygens (including phenoxy) is 1. The van der Waals surface area contributed by atoms with Crippen molar-refractivity contribution < 1.29 is 17.9 Å². The van der Waals surface area contributed by atoms with Crippen LogP contribution in [-0.2, 0) is 10.0 Å². The van der Waals surface area contributed by atoms with Gasteiger partial charge >= 0.3 is 0 Å². The maximum absolute atomic E-state index is 12.7. The maximum atomic E-state index is 12.7. The molecule has 0 spiro atoms. The van der Waals surface area contributed by atoms with Crippen LogP contribution in [0.2, 0.25) is 0 Å². The van der Waals surface area contributed by atoms with Crippen LogP contribution >= 0.6 is 0 Å². The number of nitrogens with zero attached hydrogens (tertiary/aromatic N) is 1. The van der Waals surface area contributed by atoms with Gasteiger partial charge in [-0.05, 0) is 24.6 Å². The topological polar surface area (TPSA) is 102 Å². The zero-order valence-electron chi connectivity index (χ0n) is 12.7. The Balaban J connectivity index is 2.35. The Morgan fingerprint density at radius 1 is 1.50 bits per heavy atom. The number of piperazine rings is 1. The molecule has 1 aliphatic heterocycles. The first kappa shape index (κ1) is 16.7. The van der Waals surface area contributed by atoms with Crippen LogP contribution in [0.3, 0.4) is 0 Å². The third-order valence-corrected chi connectivity index (χ3v) is 4.68. The molecule has 0 bridgehead atoms. The highest BCUT2D eigenvalue weighted by Crippen LogP contribution is 2.24. The first-order chi connectivity index (χ1) is 10.4. The van der Waals surface area contributed by atoms with Crippen LogP contribution in [0.15, 0.2) is 23.1 Å². The van der Waals surface area contributed by atoms with Gasteiger partial charge in [0.15, 0.2) is 0 Å². The predicted octanol–water partition coefficient (Wildman–Crippen LogP) is 0.167. The van der Waals surface area contributed by atoms with Gasteiger partial charge < -0.3 is 15.0 Å². The van der Waals surface area contributed by atoms with Crippen molar-refractivity contribution in [3.63, 3.8) is 0 Å². The van der Waals surface area contributed by atoms with E-state index in [0.717, 1.165) is 6.42 Å².